The Morgan fingerprint density at radius 3 is 0.808 bits per heavy atom. The molecule has 0 amide bonds. The number of hydrogen-bond acceptors (Lipinski definition) is 0. The molecule has 0 saturated heterocycles. The monoisotopic (exact) mass is 418 g/mol. The molecule has 4 aliphatic carbocycles. The van der Waals surface area contributed by atoms with Crippen LogP contribution in [0.4, 0.5) is 0 Å². The molecule has 0 aromatic heterocycles. The van der Waals surface area contributed by atoms with Crippen molar-refractivity contribution in [3.05, 3.63) is 127 Å². The predicted octanol–water partition coefficient (Wildman–Crippen LogP) is 3.84. The molecule has 0 unspecified atom stereocenters. The molecular formula is C24H18Fe2+4. The van der Waals surface area contributed by atoms with Crippen molar-refractivity contribution in [3.8, 4) is 23.7 Å². The van der Waals surface area contributed by atoms with Crippen molar-refractivity contribution >= 4 is 0 Å². The van der Waals surface area contributed by atoms with E-state index in [1.807, 2.05) is 116 Å². The maximum Gasteiger partial charge on any atom is 2.00 e. The maximum absolute atomic E-state index is 2.96. The molecule has 4 saturated carbocycles. The summed E-state index contributed by atoms with van der Waals surface area (Å²) in [5.74, 6) is 13.6. The second kappa shape index (κ2) is 18.5. The average Bonchev–Trinajstić information content (AvgIpc) is 3.44. The molecule has 0 nitrogen and oxygen atoms in total. The zero-order valence-corrected chi connectivity index (χ0v) is 16.3. The Kier molecular flexibility index (Phi) is 18.6. The zero-order valence-electron chi connectivity index (χ0n) is 14.1. The summed E-state index contributed by atoms with van der Waals surface area (Å²) >= 11 is 0. The van der Waals surface area contributed by atoms with Crippen molar-refractivity contribution in [2.75, 3.05) is 0 Å². The van der Waals surface area contributed by atoms with Crippen LogP contribution in [-0.2, 0) is 34.1 Å². The molecule has 0 spiro atoms. The van der Waals surface area contributed by atoms with E-state index in [-0.39, 0.29) is 34.1 Å². The second-order valence-corrected chi connectivity index (χ2v) is 4.77. The van der Waals surface area contributed by atoms with E-state index in [1.165, 1.54) is 0 Å². The molecule has 0 aliphatic heterocycles. The fourth-order valence-corrected chi connectivity index (χ4v) is 1.76. The Hall–Kier alpha value is 0.159. The molecule has 0 bridgehead atoms. The van der Waals surface area contributed by atoms with Gasteiger partial charge < -0.3 is 0 Å². The first-order valence-electron chi connectivity index (χ1n) is 7.74. The van der Waals surface area contributed by atoms with Gasteiger partial charge in [0, 0.05) is 0 Å². The van der Waals surface area contributed by atoms with E-state index in [0.29, 0.717) is 0 Å². The van der Waals surface area contributed by atoms with Crippen molar-refractivity contribution in [3.63, 3.8) is 0 Å². The van der Waals surface area contributed by atoms with Crippen LogP contribution in [0.25, 0.3) is 0 Å². The van der Waals surface area contributed by atoms with Crippen LogP contribution >= 0.6 is 0 Å². The molecule has 20 radical (unpaired) electrons. The summed E-state index contributed by atoms with van der Waals surface area (Å²) in [4.78, 5) is 0. The minimum Gasteiger partial charge on any atom is -0.0800 e. The molecule has 0 heterocycles. The first kappa shape index (κ1) is 26.2. The normalized spacial score (nSPS) is 21.4. The standard InChI is InChI=1S/C14H8.2C5H5.2Fe/c1-2-8-13(7-1)11-5-6-12-14-9-3-4-10-14;2*1-2-4-5-3-1;;/h1-4,7-10H;2*1-5H;;/q;;;2*+2. The largest absolute Gasteiger partial charge is 2.00 e. The van der Waals surface area contributed by atoms with Crippen molar-refractivity contribution in [2.24, 2.45) is 0 Å². The SMILES string of the molecule is C(C#C[C]1[CH][CH][CH][CH]1)#C[C]1[CH][CH][CH][CH]1.[CH]1[CH][CH][CH][CH]1.[CH]1[CH][CH][CH][CH]1.[Fe+2].[Fe+2]. The summed E-state index contributed by atoms with van der Waals surface area (Å²) < 4.78 is 0. The number of hydrogen-bond donors (Lipinski definition) is 0. The smallest absolute Gasteiger partial charge is 0.0800 e. The van der Waals surface area contributed by atoms with Gasteiger partial charge in [0.05, 0.1) is 11.8 Å². The van der Waals surface area contributed by atoms with Crippen molar-refractivity contribution in [1.82, 2.24) is 0 Å². The van der Waals surface area contributed by atoms with Crippen LogP contribution in [0.3, 0.4) is 0 Å². The predicted molar refractivity (Wildman–Crippen MR) is 99.4 cm³/mol. The molecule has 0 aromatic carbocycles. The third-order valence-electron chi connectivity index (χ3n) is 2.91. The van der Waals surface area contributed by atoms with Gasteiger partial charge in [-0.1, -0.05) is 11.8 Å². The van der Waals surface area contributed by atoms with Gasteiger partial charge in [0.25, 0.3) is 0 Å². The Bertz CT molecular complexity index is 357. The van der Waals surface area contributed by atoms with Gasteiger partial charge >= 0.3 is 34.1 Å². The van der Waals surface area contributed by atoms with E-state index < -0.39 is 0 Å². The van der Waals surface area contributed by atoms with Crippen molar-refractivity contribution in [1.29, 1.82) is 0 Å². The van der Waals surface area contributed by atoms with E-state index in [0.717, 1.165) is 11.8 Å². The van der Waals surface area contributed by atoms with Gasteiger partial charge in [0.15, 0.2) is 0 Å². The minimum atomic E-state index is 0. The molecule has 26 heavy (non-hydrogen) atoms. The second-order valence-electron chi connectivity index (χ2n) is 4.77. The molecule has 4 aliphatic rings. The summed E-state index contributed by atoms with van der Waals surface area (Å²) in [5.41, 5.74) is 0. The van der Waals surface area contributed by atoms with Crippen LogP contribution in [0.1, 0.15) is 0 Å². The maximum atomic E-state index is 2.96. The third-order valence-corrected chi connectivity index (χ3v) is 2.91. The quantitative estimate of drug-likeness (QED) is 0.415. The van der Waals surface area contributed by atoms with Crippen LogP contribution < -0.4 is 0 Å². The molecular weight excluding hydrogens is 400 g/mol. The topological polar surface area (TPSA) is 0 Å². The van der Waals surface area contributed by atoms with Crippen LogP contribution in [0.5, 0.6) is 0 Å². The van der Waals surface area contributed by atoms with E-state index in [2.05, 4.69) is 23.7 Å². The molecule has 0 atom stereocenters. The average molecular weight is 418 g/mol. The van der Waals surface area contributed by atoms with Gasteiger partial charge in [-0.05, 0) is 127 Å². The van der Waals surface area contributed by atoms with Crippen LogP contribution in [-0.4, -0.2) is 0 Å². The molecule has 4 fully saturated rings. The van der Waals surface area contributed by atoms with E-state index in [4.69, 9.17) is 0 Å². The molecule has 126 valence electrons. The minimum absolute atomic E-state index is 0. The first-order valence-corrected chi connectivity index (χ1v) is 7.74. The summed E-state index contributed by atoms with van der Waals surface area (Å²) in [6.07, 6.45) is 35.7. The Labute approximate surface area is 184 Å². The van der Waals surface area contributed by atoms with Gasteiger partial charge in [-0.2, -0.15) is 0 Å². The van der Waals surface area contributed by atoms with Gasteiger partial charge in [-0.15, -0.1) is 0 Å². The van der Waals surface area contributed by atoms with Crippen LogP contribution in [0, 0.1) is 151 Å². The van der Waals surface area contributed by atoms with Gasteiger partial charge in [0.2, 0.25) is 0 Å². The van der Waals surface area contributed by atoms with Crippen molar-refractivity contribution < 1.29 is 34.1 Å². The summed E-state index contributed by atoms with van der Waals surface area (Å²) in [7, 11) is 0. The summed E-state index contributed by atoms with van der Waals surface area (Å²) in [6.45, 7) is 0. The third kappa shape index (κ3) is 13.3. The first-order chi connectivity index (χ1) is 11.9. The van der Waals surface area contributed by atoms with E-state index >= 15 is 0 Å². The summed E-state index contributed by atoms with van der Waals surface area (Å²) in [6, 6.07) is 0. The number of rotatable bonds is 0. The van der Waals surface area contributed by atoms with Crippen molar-refractivity contribution in [2.45, 2.75) is 0 Å². The van der Waals surface area contributed by atoms with Gasteiger partial charge in [-0.25, -0.2) is 0 Å². The van der Waals surface area contributed by atoms with Gasteiger partial charge in [-0.3, -0.25) is 0 Å². The van der Waals surface area contributed by atoms with Gasteiger partial charge in [0.1, 0.15) is 0 Å². The molecule has 0 aromatic rings. The molecule has 4 rings (SSSR count). The molecule has 0 N–H and O–H groups in total. The van der Waals surface area contributed by atoms with E-state index in [9.17, 15) is 0 Å². The summed E-state index contributed by atoms with van der Waals surface area (Å²) in [5, 5.41) is 0. The Balaban J connectivity index is 0.000000432. The zero-order chi connectivity index (χ0) is 16.7. The Morgan fingerprint density at radius 1 is 0.346 bits per heavy atom. The van der Waals surface area contributed by atoms with Crippen LogP contribution in [0.15, 0.2) is 0 Å². The van der Waals surface area contributed by atoms with Crippen LogP contribution in [0.2, 0.25) is 0 Å². The fraction of sp³-hybridized carbons (Fsp3) is 0. The molecule has 2 heteroatoms. The van der Waals surface area contributed by atoms with E-state index in [1.54, 1.807) is 0 Å². The fourth-order valence-electron chi connectivity index (χ4n) is 1.76. The Morgan fingerprint density at radius 2 is 0.577 bits per heavy atom.